The van der Waals surface area contributed by atoms with Crippen molar-refractivity contribution < 1.29 is 19.1 Å². The van der Waals surface area contributed by atoms with E-state index >= 15 is 0 Å². The summed E-state index contributed by atoms with van der Waals surface area (Å²) in [5.74, 6) is -0.613. The number of benzene rings is 3. The number of carbonyl (C=O) groups excluding carboxylic acids is 3. The number of para-hydroxylation sites is 2. The van der Waals surface area contributed by atoms with Gasteiger partial charge in [0.05, 0.1) is 16.9 Å². The summed E-state index contributed by atoms with van der Waals surface area (Å²) in [6, 6.07) is 21.9. The first kappa shape index (κ1) is 20.0. The highest BCUT2D eigenvalue weighted by atomic mass is 16.5. The topological polar surface area (TPSA) is 75.7 Å². The lowest BCUT2D eigenvalue weighted by Gasteiger charge is -2.25. The van der Waals surface area contributed by atoms with Gasteiger partial charge in [-0.3, -0.25) is 9.59 Å². The van der Waals surface area contributed by atoms with Crippen LogP contribution in [0.15, 0.2) is 72.8 Å². The lowest BCUT2D eigenvalue weighted by Crippen LogP contribution is -2.26. The van der Waals surface area contributed by atoms with Gasteiger partial charge in [-0.05, 0) is 47.9 Å². The van der Waals surface area contributed by atoms with Gasteiger partial charge < -0.3 is 15.0 Å². The number of cyclic esters (lactones) is 1. The SMILES string of the molecule is O=C(Nc1ccccc1N1CCCC1=O)c1ccc2c(c1)C[C@H](c1ccccc1)OC2=O. The molecule has 160 valence electrons. The van der Waals surface area contributed by atoms with Gasteiger partial charge in [-0.15, -0.1) is 0 Å². The first-order chi connectivity index (χ1) is 15.6. The Morgan fingerprint density at radius 2 is 1.75 bits per heavy atom. The summed E-state index contributed by atoms with van der Waals surface area (Å²) < 4.78 is 5.60. The van der Waals surface area contributed by atoms with E-state index in [1.54, 1.807) is 29.2 Å². The number of anilines is 2. The first-order valence-electron chi connectivity index (χ1n) is 10.7. The number of nitrogens with one attached hydrogen (secondary N) is 1. The van der Waals surface area contributed by atoms with E-state index in [-0.39, 0.29) is 23.9 Å². The second-order valence-electron chi connectivity index (χ2n) is 8.00. The van der Waals surface area contributed by atoms with Gasteiger partial charge in [-0.1, -0.05) is 42.5 Å². The van der Waals surface area contributed by atoms with E-state index in [1.165, 1.54) is 0 Å². The second kappa shape index (κ2) is 8.30. The Morgan fingerprint density at radius 3 is 2.53 bits per heavy atom. The Morgan fingerprint density at radius 1 is 0.969 bits per heavy atom. The van der Waals surface area contributed by atoms with Gasteiger partial charge in [-0.25, -0.2) is 4.79 Å². The molecule has 5 rings (SSSR count). The van der Waals surface area contributed by atoms with Gasteiger partial charge in [0.1, 0.15) is 6.10 Å². The lowest BCUT2D eigenvalue weighted by molar-refractivity contribution is -0.117. The summed E-state index contributed by atoms with van der Waals surface area (Å²) in [4.78, 5) is 39.5. The van der Waals surface area contributed by atoms with E-state index in [0.717, 1.165) is 17.5 Å². The molecule has 1 fully saturated rings. The number of esters is 1. The highest BCUT2D eigenvalue weighted by Gasteiger charge is 2.29. The molecule has 0 saturated carbocycles. The highest BCUT2D eigenvalue weighted by Crippen LogP contribution is 2.32. The Labute approximate surface area is 185 Å². The third-order valence-corrected chi connectivity index (χ3v) is 5.93. The maximum atomic E-state index is 13.1. The number of nitrogens with zero attached hydrogens (tertiary/aromatic N) is 1. The molecule has 0 spiro atoms. The molecule has 1 N–H and O–H groups in total. The molecule has 0 unspecified atom stereocenters. The number of fused-ring (bicyclic) bond motifs is 1. The van der Waals surface area contributed by atoms with Crippen LogP contribution in [0.1, 0.15) is 50.8 Å². The molecule has 2 aliphatic rings. The van der Waals surface area contributed by atoms with Crippen LogP contribution in [0.3, 0.4) is 0 Å². The van der Waals surface area contributed by atoms with Crippen LogP contribution >= 0.6 is 0 Å². The molecule has 1 atom stereocenters. The largest absolute Gasteiger partial charge is 0.454 e. The minimum absolute atomic E-state index is 0.0611. The minimum atomic E-state index is -0.384. The normalized spacial score (nSPS) is 17.6. The average molecular weight is 426 g/mol. The Kier molecular flexibility index (Phi) is 5.19. The summed E-state index contributed by atoms with van der Waals surface area (Å²) in [5.41, 5.74) is 3.93. The van der Waals surface area contributed by atoms with Crippen molar-refractivity contribution in [2.75, 3.05) is 16.8 Å². The van der Waals surface area contributed by atoms with Crippen LogP contribution in [-0.2, 0) is 16.0 Å². The Balaban J connectivity index is 1.40. The van der Waals surface area contributed by atoms with Crippen LogP contribution in [-0.4, -0.2) is 24.3 Å². The molecule has 2 aliphatic heterocycles. The molecule has 6 heteroatoms. The average Bonchev–Trinajstić information content (AvgIpc) is 3.25. The zero-order valence-corrected chi connectivity index (χ0v) is 17.4. The molecular weight excluding hydrogens is 404 g/mol. The molecule has 3 aromatic carbocycles. The van der Waals surface area contributed by atoms with Crippen molar-refractivity contribution in [3.8, 4) is 0 Å². The summed E-state index contributed by atoms with van der Waals surface area (Å²) in [5, 5.41) is 2.94. The highest BCUT2D eigenvalue weighted by molar-refractivity contribution is 6.08. The molecule has 0 aromatic heterocycles. The van der Waals surface area contributed by atoms with Crippen LogP contribution in [0.4, 0.5) is 11.4 Å². The monoisotopic (exact) mass is 426 g/mol. The fraction of sp³-hybridized carbons (Fsp3) is 0.192. The molecule has 3 aromatic rings. The van der Waals surface area contributed by atoms with Crippen molar-refractivity contribution in [2.24, 2.45) is 0 Å². The number of carbonyl (C=O) groups is 3. The van der Waals surface area contributed by atoms with Crippen molar-refractivity contribution in [2.45, 2.75) is 25.4 Å². The predicted molar refractivity (Wildman–Crippen MR) is 121 cm³/mol. The second-order valence-corrected chi connectivity index (χ2v) is 8.00. The number of hydrogen-bond donors (Lipinski definition) is 1. The molecule has 0 bridgehead atoms. The van der Waals surface area contributed by atoms with E-state index in [0.29, 0.717) is 41.9 Å². The standard InChI is InChI=1S/C26H22N2O4/c29-24-11-6-14-28(24)22-10-5-4-9-21(22)27-25(30)18-12-13-20-19(15-18)16-23(32-26(20)31)17-7-2-1-3-8-17/h1-5,7-10,12-13,15,23H,6,11,14,16H2,(H,27,30)/t23-/m1/s1. The minimum Gasteiger partial charge on any atom is -0.454 e. The number of amides is 2. The lowest BCUT2D eigenvalue weighted by atomic mass is 9.93. The fourth-order valence-electron chi connectivity index (χ4n) is 4.30. The van der Waals surface area contributed by atoms with Crippen molar-refractivity contribution in [3.05, 3.63) is 95.1 Å². The molecular formula is C26H22N2O4. The first-order valence-corrected chi connectivity index (χ1v) is 10.7. The fourth-order valence-corrected chi connectivity index (χ4v) is 4.30. The zero-order chi connectivity index (χ0) is 22.1. The van der Waals surface area contributed by atoms with Gasteiger partial charge in [0.2, 0.25) is 5.91 Å². The van der Waals surface area contributed by atoms with Crippen molar-refractivity contribution in [1.29, 1.82) is 0 Å². The van der Waals surface area contributed by atoms with E-state index in [4.69, 9.17) is 4.74 Å². The van der Waals surface area contributed by atoms with Gasteiger partial charge in [0.25, 0.3) is 5.91 Å². The molecule has 32 heavy (non-hydrogen) atoms. The molecule has 0 aliphatic carbocycles. The van der Waals surface area contributed by atoms with Gasteiger partial charge in [0, 0.05) is 24.9 Å². The molecule has 0 radical (unpaired) electrons. The van der Waals surface area contributed by atoms with Crippen molar-refractivity contribution in [3.63, 3.8) is 0 Å². The van der Waals surface area contributed by atoms with Crippen molar-refractivity contribution >= 4 is 29.2 Å². The molecule has 2 heterocycles. The van der Waals surface area contributed by atoms with Crippen LogP contribution < -0.4 is 10.2 Å². The number of hydrogen-bond acceptors (Lipinski definition) is 4. The Bertz CT molecular complexity index is 1210. The molecule has 1 saturated heterocycles. The third-order valence-electron chi connectivity index (χ3n) is 5.93. The van der Waals surface area contributed by atoms with E-state index in [2.05, 4.69) is 5.32 Å². The summed E-state index contributed by atoms with van der Waals surface area (Å²) in [7, 11) is 0. The summed E-state index contributed by atoms with van der Waals surface area (Å²) in [6.07, 6.45) is 1.46. The predicted octanol–water partition coefficient (Wildman–Crippen LogP) is 4.52. The Hall–Kier alpha value is -3.93. The van der Waals surface area contributed by atoms with Gasteiger partial charge in [0.15, 0.2) is 0 Å². The quantitative estimate of drug-likeness (QED) is 0.623. The van der Waals surface area contributed by atoms with Crippen LogP contribution in [0.5, 0.6) is 0 Å². The zero-order valence-electron chi connectivity index (χ0n) is 17.4. The summed E-state index contributed by atoms with van der Waals surface area (Å²) in [6.45, 7) is 0.646. The van der Waals surface area contributed by atoms with E-state index < -0.39 is 0 Å². The molecule has 2 amide bonds. The maximum absolute atomic E-state index is 13.1. The number of rotatable bonds is 4. The van der Waals surface area contributed by atoms with E-state index in [9.17, 15) is 14.4 Å². The third kappa shape index (κ3) is 3.75. The number of ether oxygens (including phenoxy) is 1. The maximum Gasteiger partial charge on any atom is 0.339 e. The van der Waals surface area contributed by atoms with Crippen LogP contribution in [0.2, 0.25) is 0 Å². The smallest absolute Gasteiger partial charge is 0.339 e. The van der Waals surface area contributed by atoms with Gasteiger partial charge in [-0.2, -0.15) is 0 Å². The van der Waals surface area contributed by atoms with Crippen LogP contribution in [0.25, 0.3) is 0 Å². The van der Waals surface area contributed by atoms with Gasteiger partial charge >= 0.3 is 5.97 Å². The van der Waals surface area contributed by atoms with Crippen molar-refractivity contribution in [1.82, 2.24) is 0 Å². The molecule has 6 nitrogen and oxygen atoms in total. The van der Waals surface area contributed by atoms with E-state index in [1.807, 2.05) is 48.5 Å². The summed E-state index contributed by atoms with van der Waals surface area (Å²) >= 11 is 0. The van der Waals surface area contributed by atoms with Crippen LogP contribution in [0, 0.1) is 0 Å².